The van der Waals surface area contributed by atoms with Crippen LogP contribution in [-0.4, -0.2) is 53.8 Å². The third-order valence-electron chi connectivity index (χ3n) is 3.01. The Bertz CT molecular complexity index is 325. The Hall–Kier alpha value is -1.30. The molecule has 1 unspecified atom stereocenters. The molecule has 2 atom stereocenters. The van der Waals surface area contributed by atoms with Gasteiger partial charge in [0.15, 0.2) is 0 Å². The molecule has 6 heteroatoms. The smallest absolute Gasteiger partial charge is 0.326 e. The summed E-state index contributed by atoms with van der Waals surface area (Å²) < 4.78 is 5.24. The van der Waals surface area contributed by atoms with Gasteiger partial charge in [0, 0.05) is 6.54 Å². The number of morpholine rings is 1. The van der Waals surface area contributed by atoms with E-state index < -0.39 is 17.4 Å². The average molecular weight is 258 g/mol. The summed E-state index contributed by atoms with van der Waals surface area (Å²) >= 11 is 0. The molecule has 0 aromatic rings. The van der Waals surface area contributed by atoms with E-state index in [4.69, 9.17) is 9.84 Å². The number of carbonyl (C=O) groups excluding carboxylic acids is 1. The summed E-state index contributed by atoms with van der Waals surface area (Å²) in [6.45, 7) is 8.71. The molecule has 0 aromatic heterocycles. The van der Waals surface area contributed by atoms with Gasteiger partial charge < -0.3 is 20.1 Å². The highest BCUT2D eigenvalue weighted by atomic mass is 16.5. The molecule has 104 valence electrons. The molecule has 1 aliphatic heterocycles. The number of hydrogen-bond donors (Lipinski definition) is 2. The van der Waals surface area contributed by atoms with E-state index in [1.54, 1.807) is 25.7 Å². The first-order chi connectivity index (χ1) is 8.23. The molecule has 2 amide bonds. The molecule has 0 spiro atoms. The molecule has 6 nitrogen and oxygen atoms in total. The predicted molar refractivity (Wildman–Crippen MR) is 66.4 cm³/mol. The summed E-state index contributed by atoms with van der Waals surface area (Å²) in [5, 5.41) is 11.8. The van der Waals surface area contributed by atoms with Gasteiger partial charge in [0.1, 0.15) is 6.04 Å². The van der Waals surface area contributed by atoms with Crippen LogP contribution in [0.3, 0.4) is 0 Å². The van der Waals surface area contributed by atoms with Crippen molar-refractivity contribution in [3.05, 3.63) is 0 Å². The number of carboxylic acids is 1. The summed E-state index contributed by atoms with van der Waals surface area (Å²) in [6, 6.07) is -1.28. The van der Waals surface area contributed by atoms with Gasteiger partial charge in [0.05, 0.1) is 19.3 Å². The van der Waals surface area contributed by atoms with Gasteiger partial charge in [-0.3, -0.25) is 0 Å². The van der Waals surface area contributed by atoms with E-state index in [1.165, 1.54) is 0 Å². The van der Waals surface area contributed by atoms with Crippen molar-refractivity contribution in [3.8, 4) is 0 Å². The van der Waals surface area contributed by atoms with Gasteiger partial charge in [-0.2, -0.15) is 0 Å². The number of nitrogens with one attached hydrogen (secondary N) is 1. The quantitative estimate of drug-likeness (QED) is 0.772. The highest BCUT2D eigenvalue weighted by Gasteiger charge is 2.35. The van der Waals surface area contributed by atoms with Crippen molar-refractivity contribution in [3.63, 3.8) is 0 Å². The fraction of sp³-hybridized carbons (Fsp3) is 0.833. The molecular formula is C12H22N2O4. The molecule has 1 saturated heterocycles. The van der Waals surface area contributed by atoms with Crippen molar-refractivity contribution in [1.29, 1.82) is 0 Å². The van der Waals surface area contributed by atoms with Gasteiger partial charge in [-0.25, -0.2) is 9.59 Å². The fourth-order valence-electron chi connectivity index (χ4n) is 1.88. The van der Waals surface area contributed by atoms with Gasteiger partial charge in [-0.1, -0.05) is 20.8 Å². The maximum atomic E-state index is 12.1. The van der Waals surface area contributed by atoms with E-state index in [0.29, 0.717) is 19.8 Å². The van der Waals surface area contributed by atoms with E-state index >= 15 is 0 Å². The minimum absolute atomic E-state index is 0.0341. The van der Waals surface area contributed by atoms with E-state index in [1.807, 2.05) is 6.92 Å². The van der Waals surface area contributed by atoms with Gasteiger partial charge in [0.2, 0.25) is 0 Å². The molecule has 0 aromatic carbocycles. The molecule has 0 bridgehead atoms. The number of carboxylic acid groups (broad SMARTS) is 1. The summed E-state index contributed by atoms with van der Waals surface area (Å²) in [7, 11) is 0. The van der Waals surface area contributed by atoms with Crippen molar-refractivity contribution in [2.24, 2.45) is 5.41 Å². The molecule has 2 N–H and O–H groups in total. The number of urea groups is 1. The van der Waals surface area contributed by atoms with Crippen LogP contribution in [0.5, 0.6) is 0 Å². The van der Waals surface area contributed by atoms with Gasteiger partial charge in [-0.05, 0) is 12.3 Å². The van der Waals surface area contributed by atoms with Crippen LogP contribution in [0, 0.1) is 5.41 Å². The van der Waals surface area contributed by atoms with E-state index in [2.05, 4.69) is 5.32 Å². The fourth-order valence-corrected chi connectivity index (χ4v) is 1.88. The van der Waals surface area contributed by atoms with Crippen molar-refractivity contribution < 1.29 is 19.4 Å². The number of nitrogens with zero attached hydrogens (tertiary/aromatic N) is 1. The highest BCUT2D eigenvalue weighted by Crippen LogP contribution is 2.20. The van der Waals surface area contributed by atoms with Crippen LogP contribution in [0.2, 0.25) is 0 Å². The van der Waals surface area contributed by atoms with Gasteiger partial charge in [0.25, 0.3) is 0 Å². The zero-order valence-electron chi connectivity index (χ0n) is 11.4. The first-order valence-corrected chi connectivity index (χ1v) is 6.11. The summed E-state index contributed by atoms with van der Waals surface area (Å²) in [6.07, 6.45) is 0. The van der Waals surface area contributed by atoms with E-state index in [9.17, 15) is 9.59 Å². The van der Waals surface area contributed by atoms with Gasteiger partial charge in [-0.15, -0.1) is 0 Å². The number of amides is 2. The van der Waals surface area contributed by atoms with Crippen molar-refractivity contribution in [2.45, 2.75) is 39.8 Å². The van der Waals surface area contributed by atoms with Crippen molar-refractivity contribution in [2.75, 3.05) is 19.8 Å². The molecule has 18 heavy (non-hydrogen) atoms. The second-order valence-electron chi connectivity index (χ2n) is 5.70. The molecular weight excluding hydrogens is 236 g/mol. The number of ether oxygens (including phenoxy) is 1. The lowest BCUT2D eigenvalue weighted by Gasteiger charge is -2.36. The monoisotopic (exact) mass is 258 g/mol. The first-order valence-electron chi connectivity index (χ1n) is 6.11. The van der Waals surface area contributed by atoms with Crippen LogP contribution < -0.4 is 5.32 Å². The highest BCUT2D eigenvalue weighted by molar-refractivity contribution is 5.83. The SMILES string of the molecule is CC1COCCN1C(=O)N[C@@H](C(=O)O)C(C)(C)C. The lowest BCUT2D eigenvalue weighted by Crippen LogP contribution is -2.57. The standard InChI is InChI=1S/C12H22N2O4/c1-8-7-18-6-5-14(8)11(17)13-9(10(15)16)12(2,3)4/h8-9H,5-7H2,1-4H3,(H,13,17)(H,15,16)/t8?,9-/m0/s1. The Morgan fingerprint density at radius 2 is 2.06 bits per heavy atom. The maximum Gasteiger partial charge on any atom is 0.326 e. The molecule has 1 rings (SSSR count). The van der Waals surface area contributed by atoms with Crippen LogP contribution in [0.15, 0.2) is 0 Å². The first kappa shape index (κ1) is 14.8. The van der Waals surface area contributed by atoms with Crippen LogP contribution in [-0.2, 0) is 9.53 Å². The third kappa shape index (κ3) is 3.60. The maximum absolute atomic E-state index is 12.1. The van der Waals surface area contributed by atoms with Crippen LogP contribution in [0.25, 0.3) is 0 Å². The summed E-state index contributed by atoms with van der Waals surface area (Å²) in [4.78, 5) is 24.9. The molecule has 1 aliphatic rings. The number of aliphatic carboxylic acids is 1. The number of rotatable bonds is 2. The lowest BCUT2D eigenvalue weighted by molar-refractivity contribution is -0.142. The minimum Gasteiger partial charge on any atom is -0.480 e. The van der Waals surface area contributed by atoms with E-state index in [-0.39, 0.29) is 12.1 Å². The van der Waals surface area contributed by atoms with Crippen LogP contribution in [0.4, 0.5) is 4.79 Å². The average Bonchev–Trinajstić information content (AvgIpc) is 2.24. The third-order valence-corrected chi connectivity index (χ3v) is 3.01. The topological polar surface area (TPSA) is 78.9 Å². The minimum atomic E-state index is -1.02. The molecule has 1 fully saturated rings. The Labute approximate surface area is 107 Å². The summed E-state index contributed by atoms with van der Waals surface area (Å²) in [5.41, 5.74) is -0.531. The Kier molecular flexibility index (Phi) is 4.56. The zero-order chi connectivity index (χ0) is 13.9. The van der Waals surface area contributed by atoms with Crippen molar-refractivity contribution in [1.82, 2.24) is 10.2 Å². The van der Waals surface area contributed by atoms with Crippen molar-refractivity contribution >= 4 is 12.0 Å². The largest absolute Gasteiger partial charge is 0.480 e. The predicted octanol–water partition coefficient (Wildman–Crippen LogP) is 0.916. The normalized spacial score (nSPS) is 22.4. The van der Waals surface area contributed by atoms with Crippen LogP contribution in [0.1, 0.15) is 27.7 Å². The number of carbonyl (C=O) groups is 2. The Morgan fingerprint density at radius 3 is 2.50 bits per heavy atom. The molecule has 0 radical (unpaired) electrons. The zero-order valence-corrected chi connectivity index (χ0v) is 11.4. The second kappa shape index (κ2) is 5.56. The van der Waals surface area contributed by atoms with E-state index in [0.717, 1.165) is 0 Å². The Balaban J connectivity index is 2.69. The molecule has 1 heterocycles. The Morgan fingerprint density at radius 1 is 1.44 bits per heavy atom. The molecule has 0 aliphatic carbocycles. The molecule has 0 saturated carbocycles. The lowest BCUT2D eigenvalue weighted by atomic mass is 9.87. The number of hydrogen-bond acceptors (Lipinski definition) is 3. The summed E-state index contributed by atoms with van der Waals surface area (Å²) in [5.74, 6) is -1.02. The second-order valence-corrected chi connectivity index (χ2v) is 5.70. The van der Waals surface area contributed by atoms with Crippen LogP contribution >= 0.6 is 0 Å². The van der Waals surface area contributed by atoms with Gasteiger partial charge >= 0.3 is 12.0 Å².